The second kappa shape index (κ2) is 9.39. The summed E-state index contributed by atoms with van der Waals surface area (Å²) in [5.41, 5.74) is 1.27. The maximum atomic E-state index is 13.1. The number of aliphatic hydroxyl groups excluding tert-OH is 1. The Morgan fingerprint density at radius 2 is 1.87 bits per heavy atom. The van der Waals surface area contributed by atoms with Crippen molar-refractivity contribution in [3.63, 3.8) is 0 Å². The van der Waals surface area contributed by atoms with Crippen LogP contribution >= 0.6 is 0 Å². The molecule has 3 rings (SSSR count). The number of nitrogens with zero attached hydrogens (tertiary/aromatic N) is 2. The summed E-state index contributed by atoms with van der Waals surface area (Å²) in [6.45, 7) is 10.4. The van der Waals surface area contributed by atoms with Crippen molar-refractivity contribution >= 4 is 17.4 Å². The minimum Gasteiger partial charge on any atom is -0.507 e. The molecule has 1 aromatic carbocycles. The van der Waals surface area contributed by atoms with Crippen LogP contribution in [0.4, 0.5) is 0 Å². The highest BCUT2D eigenvalue weighted by molar-refractivity contribution is 6.46. The zero-order valence-corrected chi connectivity index (χ0v) is 18.8. The molecule has 0 spiro atoms. The molecule has 0 aliphatic carbocycles. The summed E-state index contributed by atoms with van der Waals surface area (Å²) in [7, 11) is 1.56. The summed E-state index contributed by atoms with van der Waals surface area (Å²) in [6.07, 6.45) is 0. The normalized spacial score (nSPS) is 18.3. The second-order valence-corrected chi connectivity index (χ2v) is 7.65. The monoisotopic (exact) mass is 426 g/mol. The zero-order chi connectivity index (χ0) is 22.7. The van der Waals surface area contributed by atoms with Crippen molar-refractivity contribution in [3.8, 4) is 5.75 Å². The van der Waals surface area contributed by atoms with Crippen molar-refractivity contribution < 1.29 is 23.8 Å². The van der Waals surface area contributed by atoms with Gasteiger partial charge in [0.1, 0.15) is 29.1 Å². The van der Waals surface area contributed by atoms with Gasteiger partial charge in [0.15, 0.2) is 0 Å². The van der Waals surface area contributed by atoms with Gasteiger partial charge in [0.25, 0.3) is 11.7 Å². The van der Waals surface area contributed by atoms with Crippen LogP contribution in [0.5, 0.6) is 5.75 Å². The fourth-order valence-electron chi connectivity index (χ4n) is 3.97. The van der Waals surface area contributed by atoms with Gasteiger partial charge in [-0.15, -0.1) is 0 Å². The summed E-state index contributed by atoms with van der Waals surface area (Å²) in [4.78, 5) is 29.7. The zero-order valence-electron chi connectivity index (χ0n) is 18.8. The molecule has 1 N–H and O–H groups in total. The van der Waals surface area contributed by atoms with Crippen LogP contribution in [0.2, 0.25) is 0 Å². The van der Waals surface area contributed by atoms with E-state index in [0.717, 1.165) is 18.7 Å². The number of furan rings is 1. The molecule has 0 saturated carbocycles. The van der Waals surface area contributed by atoms with Crippen molar-refractivity contribution in [2.24, 2.45) is 0 Å². The molecular weight excluding hydrogens is 396 g/mol. The fourth-order valence-corrected chi connectivity index (χ4v) is 3.97. The first-order valence-corrected chi connectivity index (χ1v) is 10.5. The first-order chi connectivity index (χ1) is 14.8. The molecule has 1 saturated heterocycles. The van der Waals surface area contributed by atoms with Crippen molar-refractivity contribution in [2.75, 3.05) is 33.3 Å². The number of Topliss-reactive ketones (excluding diaryl/α,β-unsaturated/α-hetero) is 1. The maximum Gasteiger partial charge on any atom is 0.295 e. The van der Waals surface area contributed by atoms with Gasteiger partial charge in [-0.3, -0.25) is 9.59 Å². The second-order valence-electron chi connectivity index (χ2n) is 7.65. The van der Waals surface area contributed by atoms with E-state index in [9.17, 15) is 14.7 Å². The Hall–Kier alpha value is -3.06. The van der Waals surface area contributed by atoms with E-state index in [2.05, 4.69) is 18.7 Å². The third-order valence-electron chi connectivity index (χ3n) is 5.81. The van der Waals surface area contributed by atoms with E-state index in [-0.39, 0.29) is 11.3 Å². The van der Waals surface area contributed by atoms with Crippen LogP contribution in [0, 0.1) is 13.8 Å². The van der Waals surface area contributed by atoms with Gasteiger partial charge >= 0.3 is 0 Å². The molecule has 1 amide bonds. The van der Waals surface area contributed by atoms with Crippen LogP contribution in [0.3, 0.4) is 0 Å². The number of likely N-dealkylation sites (tertiary alicyclic amines) is 1. The Labute approximate surface area is 182 Å². The molecule has 1 unspecified atom stereocenters. The highest BCUT2D eigenvalue weighted by atomic mass is 16.5. The third-order valence-corrected chi connectivity index (χ3v) is 5.81. The molecule has 2 heterocycles. The minimum absolute atomic E-state index is 0.0483. The lowest BCUT2D eigenvalue weighted by molar-refractivity contribution is -0.140. The number of amides is 1. The Kier molecular flexibility index (Phi) is 6.85. The number of hydrogen-bond donors (Lipinski definition) is 1. The summed E-state index contributed by atoms with van der Waals surface area (Å²) in [6, 6.07) is 7.95. The standard InChI is InChI=1S/C24H30N2O5/c1-6-25(7-2)12-13-26-21(19-11-8-16(4)31-19)20(23(28)24(26)29)22(27)18-10-9-17(30-5)14-15(18)3/h8-11,14,21,27H,6-7,12-13H2,1-5H3/b22-20-. The van der Waals surface area contributed by atoms with Gasteiger partial charge in [-0.05, 0) is 62.8 Å². The van der Waals surface area contributed by atoms with Gasteiger partial charge in [0, 0.05) is 18.7 Å². The predicted molar refractivity (Wildman–Crippen MR) is 118 cm³/mol. The lowest BCUT2D eigenvalue weighted by Gasteiger charge is -2.26. The molecule has 166 valence electrons. The Morgan fingerprint density at radius 1 is 1.16 bits per heavy atom. The number of aryl methyl sites for hydroxylation is 2. The minimum atomic E-state index is -0.772. The largest absolute Gasteiger partial charge is 0.507 e. The molecule has 2 aromatic rings. The van der Waals surface area contributed by atoms with E-state index in [0.29, 0.717) is 35.9 Å². The molecule has 0 bridgehead atoms. The highest BCUT2D eigenvalue weighted by Gasteiger charge is 2.47. The number of carbonyl (C=O) groups is 2. The lowest BCUT2D eigenvalue weighted by atomic mass is 9.97. The molecule has 1 fully saturated rings. The number of likely N-dealkylation sites (N-methyl/N-ethyl adjacent to an activating group) is 1. The van der Waals surface area contributed by atoms with E-state index in [1.165, 1.54) is 4.90 Å². The van der Waals surface area contributed by atoms with Crippen LogP contribution in [0.1, 0.15) is 42.5 Å². The van der Waals surface area contributed by atoms with Crippen molar-refractivity contribution in [1.82, 2.24) is 9.80 Å². The average Bonchev–Trinajstić information content (AvgIpc) is 3.29. The van der Waals surface area contributed by atoms with Crippen LogP contribution in [-0.4, -0.2) is 59.9 Å². The lowest BCUT2D eigenvalue weighted by Crippen LogP contribution is -2.37. The smallest absolute Gasteiger partial charge is 0.295 e. The average molecular weight is 427 g/mol. The number of benzene rings is 1. The van der Waals surface area contributed by atoms with E-state index < -0.39 is 17.7 Å². The predicted octanol–water partition coefficient (Wildman–Crippen LogP) is 3.67. The van der Waals surface area contributed by atoms with E-state index >= 15 is 0 Å². The summed E-state index contributed by atoms with van der Waals surface area (Å²) < 4.78 is 11.0. The quantitative estimate of drug-likeness (QED) is 0.394. The van der Waals surface area contributed by atoms with Crippen LogP contribution in [-0.2, 0) is 9.59 Å². The number of aliphatic hydroxyl groups is 1. The van der Waals surface area contributed by atoms with Gasteiger partial charge in [-0.2, -0.15) is 0 Å². The van der Waals surface area contributed by atoms with Gasteiger partial charge in [0.2, 0.25) is 0 Å². The van der Waals surface area contributed by atoms with Crippen molar-refractivity contribution in [3.05, 3.63) is 58.6 Å². The Bertz CT molecular complexity index is 1000. The Balaban J connectivity index is 2.09. The topological polar surface area (TPSA) is 83.2 Å². The van der Waals surface area contributed by atoms with Crippen LogP contribution in [0.25, 0.3) is 5.76 Å². The highest BCUT2D eigenvalue weighted by Crippen LogP contribution is 2.40. The van der Waals surface area contributed by atoms with Crippen LogP contribution < -0.4 is 4.74 Å². The molecule has 1 aliphatic rings. The number of hydrogen-bond acceptors (Lipinski definition) is 6. The maximum absolute atomic E-state index is 13.1. The van der Waals surface area contributed by atoms with E-state index in [1.54, 1.807) is 44.4 Å². The van der Waals surface area contributed by atoms with E-state index in [4.69, 9.17) is 9.15 Å². The molecule has 1 aliphatic heterocycles. The molecular formula is C24H30N2O5. The number of ketones is 1. The van der Waals surface area contributed by atoms with Gasteiger partial charge in [-0.1, -0.05) is 13.8 Å². The van der Waals surface area contributed by atoms with Crippen molar-refractivity contribution in [1.29, 1.82) is 0 Å². The van der Waals surface area contributed by atoms with Gasteiger partial charge in [-0.25, -0.2) is 0 Å². The Morgan fingerprint density at radius 3 is 2.42 bits per heavy atom. The number of methoxy groups -OCH3 is 1. The number of carbonyl (C=O) groups excluding carboxylic acids is 2. The first kappa shape index (κ1) is 22.6. The number of ether oxygens (including phenoxy) is 1. The molecule has 1 aromatic heterocycles. The van der Waals surface area contributed by atoms with Crippen molar-refractivity contribution in [2.45, 2.75) is 33.7 Å². The fraction of sp³-hybridized carbons (Fsp3) is 0.417. The molecule has 7 heteroatoms. The van der Waals surface area contributed by atoms with Gasteiger partial charge in [0.05, 0.1) is 12.7 Å². The summed E-state index contributed by atoms with van der Waals surface area (Å²) in [5, 5.41) is 11.2. The van der Waals surface area contributed by atoms with Crippen LogP contribution in [0.15, 0.2) is 40.3 Å². The third kappa shape index (κ3) is 4.37. The SMILES string of the molecule is CCN(CC)CCN1C(=O)C(=O)/C(=C(\O)c2ccc(OC)cc2C)C1c1ccc(C)o1. The first-order valence-electron chi connectivity index (χ1n) is 10.5. The molecule has 31 heavy (non-hydrogen) atoms. The summed E-state index contributed by atoms with van der Waals surface area (Å²) in [5.74, 6) is 0.244. The molecule has 1 atom stereocenters. The van der Waals surface area contributed by atoms with E-state index in [1.807, 2.05) is 6.92 Å². The molecule has 0 radical (unpaired) electrons. The molecule has 7 nitrogen and oxygen atoms in total. The summed E-state index contributed by atoms with van der Waals surface area (Å²) >= 11 is 0. The number of rotatable bonds is 8. The van der Waals surface area contributed by atoms with Gasteiger partial charge < -0.3 is 24.1 Å².